The average molecular weight is 366 g/mol. The first-order chi connectivity index (χ1) is 13.0. The second-order valence-corrected chi connectivity index (χ2v) is 6.33. The van der Waals surface area contributed by atoms with Gasteiger partial charge in [0.25, 0.3) is 0 Å². The third-order valence-corrected chi connectivity index (χ3v) is 4.34. The minimum Gasteiger partial charge on any atom is -0.490 e. The van der Waals surface area contributed by atoms with E-state index in [1.54, 1.807) is 31.2 Å². The number of carbonyl (C=O) groups is 1. The largest absolute Gasteiger partial charge is 0.490 e. The molecule has 0 radical (unpaired) electrons. The lowest BCUT2D eigenvalue weighted by molar-refractivity contribution is -0.131. The molecule has 0 bridgehead atoms. The molecule has 0 unspecified atom stereocenters. The molecule has 1 aliphatic rings. The molecule has 138 valence electrons. The highest BCUT2D eigenvalue weighted by molar-refractivity contribution is 5.84. The Morgan fingerprint density at radius 2 is 1.81 bits per heavy atom. The molecule has 0 aliphatic carbocycles. The first kappa shape index (κ1) is 17.1. The number of benzene rings is 2. The summed E-state index contributed by atoms with van der Waals surface area (Å²) in [6.07, 6.45) is 0.811. The number of hydrogen-bond acceptors (Lipinski definition) is 6. The van der Waals surface area contributed by atoms with Gasteiger partial charge in [0, 0.05) is 19.4 Å². The van der Waals surface area contributed by atoms with E-state index in [1.807, 2.05) is 12.1 Å². The lowest BCUT2D eigenvalue weighted by Gasteiger charge is -2.11. The lowest BCUT2D eigenvalue weighted by Crippen LogP contribution is -2.08. The van der Waals surface area contributed by atoms with E-state index in [0.29, 0.717) is 58.3 Å². The van der Waals surface area contributed by atoms with Gasteiger partial charge < -0.3 is 18.6 Å². The van der Waals surface area contributed by atoms with Crippen LogP contribution in [0.3, 0.4) is 0 Å². The van der Waals surface area contributed by atoms with Gasteiger partial charge in [-0.25, -0.2) is 0 Å². The van der Waals surface area contributed by atoms with Crippen LogP contribution in [0.5, 0.6) is 17.2 Å². The van der Waals surface area contributed by atoms with E-state index in [-0.39, 0.29) is 5.43 Å². The van der Waals surface area contributed by atoms with Gasteiger partial charge >= 0.3 is 5.97 Å². The Labute approximate surface area is 155 Å². The fourth-order valence-electron chi connectivity index (χ4n) is 3.17. The minimum absolute atomic E-state index is 0.155. The van der Waals surface area contributed by atoms with Crippen molar-refractivity contribution in [3.05, 3.63) is 52.4 Å². The second kappa shape index (κ2) is 6.79. The van der Waals surface area contributed by atoms with Crippen molar-refractivity contribution in [1.29, 1.82) is 0 Å². The molecule has 27 heavy (non-hydrogen) atoms. The summed E-state index contributed by atoms with van der Waals surface area (Å²) >= 11 is 0. The van der Waals surface area contributed by atoms with Crippen LogP contribution in [0.25, 0.3) is 22.1 Å². The molecule has 6 heteroatoms. The van der Waals surface area contributed by atoms with Crippen molar-refractivity contribution in [2.24, 2.45) is 0 Å². The van der Waals surface area contributed by atoms with E-state index >= 15 is 0 Å². The fourth-order valence-corrected chi connectivity index (χ4v) is 3.17. The van der Waals surface area contributed by atoms with E-state index in [9.17, 15) is 9.59 Å². The van der Waals surface area contributed by atoms with Crippen molar-refractivity contribution >= 4 is 16.9 Å². The Morgan fingerprint density at radius 3 is 2.59 bits per heavy atom. The molecule has 0 fully saturated rings. The molecule has 0 amide bonds. The highest BCUT2D eigenvalue weighted by Gasteiger charge is 2.17. The highest BCUT2D eigenvalue weighted by atomic mass is 16.5. The summed E-state index contributed by atoms with van der Waals surface area (Å²) in [4.78, 5) is 24.2. The fraction of sp³-hybridized carbons (Fsp3) is 0.238. The SMILES string of the molecule is CC(=O)Oc1ccc2c(=O)c(-c3ccc4c(c3)OCCCO4)c(C)oc2c1. The summed E-state index contributed by atoms with van der Waals surface area (Å²) in [6, 6.07) is 10.2. The zero-order valence-corrected chi connectivity index (χ0v) is 15.0. The van der Waals surface area contributed by atoms with Gasteiger partial charge in [0.15, 0.2) is 11.5 Å². The Balaban J connectivity index is 1.84. The van der Waals surface area contributed by atoms with Crippen molar-refractivity contribution in [3.8, 4) is 28.4 Å². The van der Waals surface area contributed by atoms with Crippen LogP contribution in [0.15, 0.2) is 45.6 Å². The van der Waals surface area contributed by atoms with E-state index in [2.05, 4.69) is 0 Å². The first-order valence-electron chi connectivity index (χ1n) is 8.69. The molecule has 3 aromatic rings. The molecule has 0 saturated carbocycles. The molecular formula is C21H18O6. The summed E-state index contributed by atoms with van der Waals surface area (Å²) in [5.41, 5.74) is 1.39. The standard InChI is InChI=1S/C21H18O6/c1-12-20(14-4-7-17-19(10-14)25-9-3-8-24-17)21(23)16-6-5-15(27-13(2)22)11-18(16)26-12/h4-7,10-11H,3,8-9H2,1-2H3. The molecule has 2 aromatic carbocycles. The van der Waals surface area contributed by atoms with Crippen LogP contribution >= 0.6 is 0 Å². The monoisotopic (exact) mass is 366 g/mol. The van der Waals surface area contributed by atoms with Gasteiger partial charge in [0.2, 0.25) is 5.43 Å². The molecule has 0 N–H and O–H groups in total. The Bertz CT molecular complexity index is 1100. The molecule has 0 saturated heterocycles. The van der Waals surface area contributed by atoms with Crippen LogP contribution in [0.1, 0.15) is 19.1 Å². The summed E-state index contributed by atoms with van der Waals surface area (Å²) in [5, 5.41) is 0.415. The number of hydrogen-bond donors (Lipinski definition) is 0. The molecule has 1 aliphatic heterocycles. The van der Waals surface area contributed by atoms with Crippen LogP contribution < -0.4 is 19.6 Å². The average Bonchev–Trinajstić information content (AvgIpc) is 2.86. The van der Waals surface area contributed by atoms with Gasteiger partial charge in [0.05, 0.1) is 24.2 Å². The van der Waals surface area contributed by atoms with Gasteiger partial charge in [-0.3, -0.25) is 9.59 Å². The lowest BCUT2D eigenvalue weighted by atomic mass is 10.0. The van der Waals surface area contributed by atoms with Gasteiger partial charge in [0.1, 0.15) is 17.1 Å². The normalized spacial score (nSPS) is 13.3. The predicted octanol–water partition coefficient (Wildman–Crippen LogP) is 3.86. The topological polar surface area (TPSA) is 75.0 Å². The maximum Gasteiger partial charge on any atom is 0.308 e. The zero-order valence-electron chi connectivity index (χ0n) is 15.0. The number of aryl methyl sites for hydroxylation is 1. The Hall–Kier alpha value is -3.28. The van der Waals surface area contributed by atoms with E-state index in [0.717, 1.165) is 6.42 Å². The maximum atomic E-state index is 13.1. The molecule has 6 nitrogen and oxygen atoms in total. The number of fused-ring (bicyclic) bond motifs is 2. The van der Waals surface area contributed by atoms with Crippen molar-refractivity contribution in [1.82, 2.24) is 0 Å². The van der Waals surface area contributed by atoms with E-state index < -0.39 is 5.97 Å². The van der Waals surface area contributed by atoms with Crippen molar-refractivity contribution in [2.45, 2.75) is 20.3 Å². The van der Waals surface area contributed by atoms with Crippen LogP contribution in [0.2, 0.25) is 0 Å². The number of ether oxygens (including phenoxy) is 3. The first-order valence-corrected chi connectivity index (χ1v) is 8.69. The van der Waals surface area contributed by atoms with Crippen molar-refractivity contribution in [3.63, 3.8) is 0 Å². The van der Waals surface area contributed by atoms with Gasteiger partial charge in [-0.1, -0.05) is 6.07 Å². The molecule has 4 rings (SSSR count). The summed E-state index contributed by atoms with van der Waals surface area (Å²) in [7, 11) is 0. The third kappa shape index (κ3) is 3.26. The minimum atomic E-state index is -0.433. The van der Waals surface area contributed by atoms with Crippen molar-refractivity contribution < 1.29 is 23.4 Å². The number of carbonyl (C=O) groups excluding carboxylic acids is 1. The van der Waals surface area contributed by atoms with E-state index in [1.165, 1.54) is 6.92 Å². The quantitative estimate of drug-likeness (QED) is 0.506. The molecule has 0 spiro atoms. The van der Waals surface area contributed by atoms with Gasteiger partial charge in [-0.05, 0) is 36.8 Å². The Morgan fingerprint density at radius 1 is 1.04 bits per heavy atom. The molecule has 2 heterocycles. The third-order valence-electron chi connectivity index (χ3n) is 4.34. The van der Waals surface area contributed by atoms with Crippen LogP contribution in [-0.4, -0.2) is 19.2 Å². The Kier molecular flexibility index (Phi) is 4.32. The second-order valence-electron chi connectivity index (χ2n) is 6.33. The van der Waals surface area contributed by atoms with Gasteiger partial charge in [-0.15, -0.1) is 0 Å². The maximum absolute atomic E-state index is 13.1. The van der Waals surface area contributed by atoms with E-state index in [4.69, 9.17) is 18.6 Å². The smallest absolute Gasteiger partial charge is 0.308 e. The van der Waals surface area contributed by atoms with Crippen molar-refractivity contribution in [2.75, 3.05) is 13.2 Å². The predicted molar refractivity (Wildman–Crippen MR) is 99.6 cm³/mol. The number of rotatable bonds is 2. The molecule has 1 aromatic heterocycles. The molecule has 0 atom stereocenters. The highest BCUT2D eigenvalue weighted by Crippen LogP contribution is 2.35. The van der Waals surface area contributed by atoms with Crippen LogP contribution in [0.4, 0.5) is 0 Å². The summed E-state index contributed by atoms with van der Waals surface area (Å²) in [6.45, 7) is 4.23. The zero-order chi connectivity index (χ0) is 19.0. The summed E-state index contributed by atoms with van der Waals surface area (Å²) in [5.74, 6) is 1.67. The van der Waals surface area contributed by atoms with Crippen LogP contribution in [0, 0.1) is 6.92 Å². The van der Waals surface area contributed by atoms with Gasteiger partial charge in [-0.2, -0.15) is 0 Å². The number of esters is 1. The van der Waals surface area contributed by atoms with Crippen LogP contribution in [-0.2, 0) is 4.79 Å². The molecular weight excluding hydrogens is 348 g/mol. The summed E-state index contributed by atoms with van der Waals surface area (Å²) < 4.78 is 22.3.